The zero-order chi connectivity index (χ0) is 31.8. The fourth-order valence-corrected chi connectivity index (χ4v) is 6.31. The van der Waals surface area contributed by atoms with Crippen LogP contribution in [-0.4, -0.2) is 80.0 Å². The fraction of sp³-hybridized carbons (Fsp3) is 0.467. The van der Waals surface area contributed by atoms with Gasteiger partial charge in [-0.05, 0) is 48.7 Å². The van der Waals surface area contributed by atoms with Crippen LogP contribution >= 0.6 is 0 Å². The van der Waals surface area contributed by atoms with Crippen LogP contribution < -0.4 is 14.4 Å². The van der Waals surface area contributed by atoms with E-state index in [0.717, 1.165) is 30.9 Å². The minimum absolute atomic E-state index is 0.0233. The lowest BCUT2D eigenvalue weighted by Crippen LogP contribution is -2.48. The smallest absolute Gasteiger partial charge is 0.418 e. The molecule has 3 aromatic rings. The zero-order valence-electron chi connectivity index (χ0n) is 25.1. The van der Waals surface area contributed by atoms with E-state index in [2.05, 4.69) is 5.10 Å². The molecule has 1 aliphatic heterocycles. The van der Waals surface area contributed by atoms with Crippen molar-refractivity contribution in [1.29, 1.82) is 0 Å². The fourth-order valence-electron chi connectivity index (χ4n) is 5.48. The first-order valence-corrected chi connectivity index (χ1v) is 16.1. The van der Waals surface area contributed by atoms with Crippen molar-refractivity contribution in [3.05, 3.63) is 70.5 Å². The van der Waals surface area contributed by atoms with Crippen molar-refractivity contribution in [3.8, 4) is 11.5 Å². The van der Waals surface area contributed by atoms with Gasteiger partial charge in [0, 0.05) is 63.0 Å². The highest BCUT2D eigenvalue weighted by atomic mass is 32.2. The third-order valence-electron chi connectivity index (χ3n) is 8.04. The number of alkyl halides is 3. The Kier molecular flexibility index (Phi) is 8.85. The number of aryl methyl sites for hydroxylation is 1. The normalized spacial score (nSPS) is 16.2. The summed E-state index contributed by atoms with van der Waals surface area (Å²) in [6, 6.07) is 11.0. The molecule has 2 fully saturated rings. The maximum Gasteiger partial charge on any atom is 0.418 e. The molecule has 1 amide bonds. The summed E-state index contributed by atoms with van der Waals surface area (Å²) in [5.41, 5.74) is 1.26. The van der Waals surface area contributed by atoms with Crippen LogP contribution in [0.1, 0.15) is 51.6 Å². The van der Waals surface area contributed by atoms with E-state index in [4.69, 9.17) is 9.47 Å². The second-order valence-corrected chi connectivity index (χ2v) is 13.2. The van der Waals surface area contributed by atoms with Gasteiger partial charge in [-0.25, -0.2) is 8.42 Å². The lowest BCUT2D eigenvalue weighted by atomic mass is 10.0. The van der Waals surface area contributed by atoms with E-state index >= 15 is 0 Å². The summed E-state index contributed by atoms with van der Waals surface area (Å²) >= 11 is 0. The third-order valence-corrected chi connectivity index (χ3v) is 9.35. The number of methoxy groups -OCH3 is 2. The SMILES string of the molecule is COc1ccc(CN(Cc2ccc(N3CCN(S(C)(=O)=O)CC3)c(C(F)(F)F)c2)C(=O)c2cc(C3CC3)nn2C)c(OC)c1. The number of amides is 1. The lowest BCUT2D eigenvalue weighted by Gasteiger charge is -2.36. The van der Waals surface area contributed by atoms with E-state index in [-0.39, 0.29) is 50.9 Å². The zero-order valence-corrected chi connectivity index (χ0v) is 25.9. The van der Waals surface area contributed by atoms with Crippen molar-refractivity contribution < 1.29 is 35.9 Å². The van der Waals surface area contributed by atoms with Crippen molar-refractivity contribution in [1.82, 2.24) is 19.0 Å². The minimum Gasteiger partial charge on any atom is -0.497 e. The molecule has 0 atom stereocenters. The Bertz CT molecular complexity index is 1630. The Morgan fingerprint density at radius 3 is 2.30 bits per heavy atom. The largest absolute Gasteiger partial charge is 0.497 e. The molecule has 0 bridgehead atoms. The summed E-state index contributed by atoms with van der Waals surface area (Å²) in [7, 11) is 1.27. The quantitative estimate of drug-likeness (QED) is 0.329. The number of halogens is 3. The number of benzene rings is 2. The van der Waals surface area contributed by atoms with Gasteiger partial charge in [-0.2, -0.15) is 22.6 Å². The van der Waals surface area contributed by atoms with E-state index in [0.29, 0.717) is 34.2 Å². The summed E-state index contributed by atoms with van der Waals surface area (Å²) in [6.07, 6.45) is -1.57. The van der Waals surface area contributed by atoms with Gasteiger partial charge in [-0.15, -0.1) is 0 Å². The number of rotatable bonds is 10. The predicted molar refractivity (Wildman–Crippen MR) is 158 cm³/mol. The molecule has 10 nitrogen and oxygen atoms in total. The maximum absolute atomic E-state index is 14.4. The van der Waals surface area contributed by atoms with E-state index in [1.807, 2.05) is 0 Å². The van der Waals surface area contributed by atoms with Gasteiger partial charge in [0.1, 0.15) is 17.2 Å². The van der Waals surface area contributed by atoms with Gasteiger partial charge < -0.3 is 19.3 Å². The van der Waals surface area contributed by atoms with Gasteiger partial charge in [0.25, 0.3) is 5.91 Å². The van der Waals surface area contributed by atoms with E-state index in [1.165, 1.54) is 34.2 Å². The Labute approximate surface area is 255 Å². The number of ether oxygens (including phenoxy) is 2. The van der Waals surface area contributed by atoms with E-state index < -0.39 is 21.8 Å². The number of aromatic nitrogens is 2. The van der Waals surface area contributed by atoms with Crippen molar-refractivity contribution in [3.63, 3.8) is 0 Å². The number of anilines is 1. The average Bonchev–Trinajstić information content (AvgIpc) is 3.77. The molecule has 2 aliphatic rings. The number of nitrogens with zero attached hydrogens (tertiary/aromatic N) is 5. The summed E-state index contributed by atoms with van der Waals surface area (Å²) in [5, 5.41) is 4.51. The molecule has 2 heterocycles. The van der Waals surface area contributed by atoms with E-state index in [9.17, 15) is 26.4 Å². The molecule has 0 N–H and O–H groups in total. The number of sulfonamides is 1. The molecule has 238 valence electrons. The summed E-state index contributed by atoms with van der Waals surface area (Å²) < 4.78 is 80.6. The molecule has 5 rings (SSSR count). The number of carbonyl (C=O) groups excluding carboxylic acids is 1. The first-order valence-electron chi connectivity index (χ1n) is 14.2. The Hall–Kier alpha value is -3.78. The van der Waals surface area contributed by atoms with Gasteiger partial charge >= 0.3 is 6.18 Å². The maximum atomic E-state index is 14.4. The summed E-state index contributed by atoms with van der Waals surface area (Å²) in [4.78, 5) is 17.0. The second kappa shape index (κ2) is 12.3. The van der Waals surface area contributed by atoms with Crippen molar-refractivity contribution in [2.75, 3.05) is 51.6 Å². The molecule has 0 spiro atoms. The average molecular weight is 636 g/mol. The molecule has 1 aliphatic carbocycles. The standard InChI is InChI=1S/C30H36F3N5O5S/c1-35-27(17-25(34-35)21-6-7-21)29(39)37(19-22-8-9-23(42-2)16-28(22)43-3)18-20-5-10-26(24(15-20)30(31,32)33)36-11-13-38(14-12-36)44(4,40)41/h5,8-10,15-17,21H,6-7,11-14,18-19H2,1-4H3. The van der Waals surface area contributed by atoms with E-state index in [1.54, 1.807) is 42.3 Å². The molecular weight excluding hydrogens is 599 g/mol. The monoisotopic (exact) mass is 635 g/mol. The molecule has 0 radical (unpaired) electrons. The highest BCUT2D eigenvalue weighted by molar-refractivity contribution is 7.88. The van der Waals surface area contributed by atoms with Gasteiger partial charge in [0.15, 0.2) is 0 Å². The van der Waals surface area contributed by atoms with Gasteiger partial charge in [0.05, 0.1) is 38.3 Å². The number of carbonyl (C=O) groups is 1. The van der Waals surface area contributed by atoms with Crippen molar-refractivity contribution in [2.45, 2.75) is 38.0 Å². The predicted octanol–water partition coefficient (Wildman–Crippen LogP) is 4.26. The van der Waals surface area contributed by atoms with Gasteiger partial charge in [0.2, 0.25) is 10.0 Å². The number of hydrogen-bond donors (Lipinski definition) is 0. The molecular formula is C30H36F3N5O5S. The highest BCUT2D eigenvalue weighted by Crippen LogP contribution is 2.40. The van der Waals surface area contributed by atoms with Crippen LogP contribution in [0.5, 0.6) is 11.5 Å². The van der Waals surface area contributed by atoms with Crippen LogP contribution in [-0.2, 0) is 36.3 Å². The Balaban J connectivity index is 1.47. The van der Waals surface area contributed by atoms with Crippen LogP contribution in [0.25, 0.3) is 0 Å². The minimum atomic E-state index is -4.67. The Morgan fingerprint density at radius 1 is 1.00 bits per heavy atom. The molecule has 14 heteroatoms. The third kappa shape index (κ3) is 6.96. The van der Waals surface area contributed by atoms with Crippen LogP contribution in [0, 0.1) is 0 Å². The lowest BCUT2D eigenvalue weighted by molar-refractivity contribution is -0.137. The van der Waals surface area contributed by atoms with Crippen molar-refractivity contribution >= 4 is 21.6 Å². The molecule has 44 heavy (non-hydrogen) atoms. The van der Waals surface area contributed by atoms with Gasteiger partial charge in [-0.3, -0.25) is 9.48 Å². The summed E-state index contributed by atoms with van der Waals surface area (Å²) in [5.74, 6) is 0.982. The number of hydrogen-bond acceptors (Lipinski definition) is 7. The molecule has 2 aromatic carbocycles. The molecule has 1 saturated heterocycles. The highest BCUT2D eigenvalue weighted by Gasteiger charge is 2.37. The van der Waals surface area contributed by atoms with Crippen LogP contribution in [0.4, 0.5) is 18.9 Å². The number of piperazine rings is 1. The first-order chi connectivity index (χ1) is 20.8. The topological polar surface area (TPSA) is 97.2 Å². The summed E-state index contributed by atoms with van der Waals surface area (Å²) in [6.45, 7) is 0.396. The van der Waals surface area contributed by atoms with Crippen LogP contribution in [0.2, 0.25) is 0 Å². The van der Waals surface area contributed by atoms with Crippen molar-refractivity contribution in [2.24, 2.45) is 7.05 Å². The molecule has 1 aromatic heterocycles. The van der Waals surface area contributed by atoms with Gasteiger partial charge in [-0.1, -0.05) is 6.07 Å². The van der Waals surface area contributed by atoms with Crippen LogP contribution in [0.3, 0.4) is 0 Å². The molecule has 1 saturated carbocycles. The van der Waals surface area contributed by atoms with Crippen LogP contribution in [0.15, 0.2) is 42.5 Å². The first kappa shape index (κ1) is 31.6. The molecule has 0 unspecified atom stereocenters. The Morgan fingerprint density at radius 2 is 1.70 bits per heavy atom. The second-order valence-electron chi connectivity index (χ2n) is 11.2.